The smallest absolute Gasteiger partial charge is 0.276 e. The summed E-state index contributed by atoms with van der Waals surface area (Å²) in [4.78, 5) is 12.7. The summed E-state index contributed by atoms with van der Waals surface area (Å²) in [5, 5.41) is 11.1. The molecule has 3 rings (SSSR count). The van der Waals surface area contributed by atoms with Gasteiger partial charge in [-0.05, 0) is 29.8 Å². The minimum atomic E-state index is 0. The lowest BCUT2D eigenvalue weighted by molar-refractivity contribution is 0.421. The molecule has 0 radical (unpaired) electrons. The lowest BCUT2D eigenvalue weighted by atomic mass is 10.2. The van der Waals surface area contributed by atoms with E-state index in [0.29, 0.717) is 47.9 Å². The van der Waals surface area contributed by atoms with Crippen LogP contribution in [0.5, 0.6) is 0 Å². The van der Waals surface area contributed by atoms with Crippen molar-refractivity contribution in [3.05, 3.63) is 65.1 Å². The molecule has 0 amide bonds. The van der Waals surface area contributed by atoms with Gasteiger partial charge in [-0.1, -0.05) is 35.0 Å². The molecule has 0 spiro atoms. The number of nitrogens with one attached hydrogen (secondary N) is 2. The zero-order chi connectivity index (χ0) is 18.2. The first-order chi connectivity index (χ1) is 12.7. The second kappa shape index (κ2) is 10.8. The van der Waals surface area contributed by atoms with Crippen LogP contribution in [0.2, 0.25) is 5.02 Å². The summed E-state index contributed by atoms with van der Waals surface area (Å²) in [5.74, 6) is 1.73. The molecule has 2 N–H and O–H groups in total. The standard InChI is InChI=1S/C18H19ClN6O.HI/c1-20-18(23-12-13-5-4-6-14(19)11-13)22-10-8-16-24-17(26-25-16)15-7-2-3-9-21-15;/h2-7,9,11H,8,10,12H2,1H3,(H2,20,22,23);1H. The van der Waals surface area contributed by atoms with Crippen LogP contribution in [0.1, 0.15) is 11.4 Å². The Kier molecular flexibility index (Phi) is 8.46. The molecule has 142 valence electrons. The Labute approximate surface area is 179 Å². The Hall–Kier alpha value is -2.20. The molecule has 2 heterocycles. The molecule has 0 atom stereocenters. The lowest BCUT2D eigenvalue weighted by Gasteiger charge is -2.11. The van der Waals surface area contributed by atoms with Gasteiger partial charge in [-0.15, -0.1) is 24.0 Å². The SMILES string of the molecule is CN=C(NCCc1noc(-c2ccccn2)n1)NCc1cccc(Cl)c1.I. The van der Waals surface area contributed by atoms with Crippen LogP contribution in [0.25, 0.3) is 11.6 Å². The van der Waals surface area contributed by atoms with E-state index in [9.17, 15) is 0 Å². The molecule has 0 aliphatic rings. The predicted octanol–water partition coefficient (Wildman–Crippen LogP) is 3.31. The van der Waals surface area contributed by atoms with E-state index >= 15 is 0 Å². The van der Waals surface area contributed by atoms with E-state index in [1.54, 1.807) is 13.2 Å². The van der Waals surface area contributed by atoms with Gasteiger partial charge in [-0.25, -0.2) is 0 Å². The first-order valence-electron chi connectivity index (χ1n) is 8.17. The average molecular weight is 499 g/mol. The van der Waals surface area contributed by atoms with E-state index in [-0.39, 0.29) is 24.0 Å². The molecule has 0 unspecified atom stereocenters. The van der Waals surface area contributed by atoms with Crippen molar-refractivity contribution < 1.29 is 4.52 Å². The van der Waals surface area contributed by atoms with Crippen molar-refractivity contribution in [2.45, 2.75) is 13.0 Å². The van der Waals surface area contributed by atoms with Crippen molar-refractivity contribution in [1.29, 1.82) is 0 Å². The fraction of sp³-hybridized carbons (Fsp3) is 0.222. The number of aliphatic imine (C=N–C) groups is 1. The van der Waals surface area contributed by atoms with Crippen LogP contribution >= 0.6 is 35.6 Å². The average Bonchev–Trinajstić information content (AvgIpc) is 3.14. The molecule has 1 aromatic carbocycles. The number of rotatable bonds is 6. The van der Waals surface area contributed by atoms with Gasteiger partial charge < -0.3 is 15.2 Å². The highest BCUT2D eigenvalue weighted by atomic mass is 127. The molecule has 7 nitrogen and oxygen atoms in total. The van der Waals surface area contributed by atoms with Crippen molar-refractivity contribution in [3.63, 3.8) is 0 Å². The third kappa shape index (κ3) is 6.47. The summed E-state index contributed by atoms with van der Waals surface area (Å²) >= 11 is 5.99. The second-order valence-corrected chi connectivity index (χ2v) is 5.90. The van der Waals surface area contributed by atoms with Gasteiger partial charge in [-0.3, -0.25) is 9.98 Å². The first kappa shape index (κ1) is 21.1. The maximum Gasteiger partial charge on any atom is 0.276 e. The molecule has 0 aliphatic carbocycles. The largest absolute Gasteiger partial charge is 0.356 e. The molecule has 0 bridgehead atoms. The van der Waals surface area contributed by atoms with Gasteiger partial charge >= 0.3 is 0 Å². The summed E-state index contributed by atoms with van der Waals surface area (Å²) in [5.41, 5.74) is 1.75. The third-order valence-corrected chi connectivity index (χ3v) is 3.80. The highest BCUT2D eigenvalue weighted by molar-refractivity contribution is 14.0. The van der Waals surface area contributed by atoms with Crippen molar-refractivity contribution in [3.8, 4) is 11.6 Å². The van der Waals surface area contributed by atoms with Crippen molar-refractivity contribution in [2.75, 3.05) is 13.6 Å². The van der Waals surface area contributed by atoms with Gasteiger partial charge in [0.05, 0.1) is 0 Å². The number of guanidine groups is 1. The minimum Gasteiger partial charge on any atom is -0.356 e. The van der Waals surface area contributed by atoms with Crippen LogP contribution in [0.15, 0.2) is 58.2 Å². The molecule has 0 saturated heterocycles. The molecule has 0 aliphatic heterocycles. The molecule has 0 fully saturated rings. The van der Waals surface area contributed by atoms with Crippen LogP contribution in [0.3, 0.4) is 0 Å². The van der Waals surface area contributed by atoms with E-state index in [0.717, 1.165) is 5.56 Å². The number of hydrogen-bond acceptors (Lipinski definition) is 5. The zero-order valence-corrected chi connectivity index (χ0v) is 17.8. The van der Waals surface area contributed by atoms with Gasteiger partial charge in [0.15, 0.2) is 11.8 Å². The van der Waals surface area contributed by atoms with Gasteiger partial charge in [0.25, 0.3) is 5.89 Å². The molecule has 3 aromatic rings. The number of halogens is 2. The Morgan fingerprint density at radius 1 is 1.19 bits per heavy atom. The Bertz CT molecular complexity index is 871. The van der Waals surface area contributed by atoms with E-state index in [2.05, 4.69) is 30.8 Å². The van der Waals surface area contributed by atoms with Crippen LogP contribution in [-0.4, -0.2) is 34.7 Å². The predicted molar refractivity (Wildman–Crippen MR) is 116 cm³/mol. The zero-order valence-electron chi connectivity index (χ0n) is 14.7. The maximum atomic E-state index is 5.99. The van der Waals surface area contributed by atoms with Gasteiger partial charge in [0, 0.05) is 37.8 Å². The fourth-order valence-corrected chi connectivity index (χ4v) is 2.51. The number of benzene rings is 1. The molecule has 0 saturated carbocycles. The van der Waals surface area contributed by atoms with Crippen LogP contribution in [0.4, 0.5) is 0 Å². The lowest BCUT2D eigenvalue weighted by Crippen LogP contribution is -2.37. The number of pyridine rings is 1. The Morgan fingerprint density at radius 2 is 2.07 bits per heavy atom. The van der Waals surface area contributed by atoms with Gasteiger partial charge in [-0.2, -0.15) is 4.98 Å². The summed E-state index contributed by atoms with van der Waals surface area (Å²) in [7, 11) is 1.72. The first-order valence-corrected chi connectivity index (χ1v) is 8.55. The molecular formula is C18H20ClIN6O. The topological polar surface area (TPSA) is 88.2 Å². The third-order valence-electron chi connectivity index (χ3n) is 3.57. The van der Waals surface area contributed by atoms with Crippen LogP contribution in [0, 0.1) is 0 Å². The number of hydrogen-bond donors (Lipinski definition) is 2. The Balaban J connectivity index is 0.00000261. The number of aromatic nitrogens is 3. The summed E-state index contributed by atoms with van der Waals surface area (Å²) in [6.07, 6.45) is 2.30. The minimum absolute atomic E-state index is 0. The Morgan fingerprint density at radius 3 is 2.81 bits per heavy atom. The van der Waals surface area contributed by atoms with Crippen LogP contribution < -0.4 is 10.6 Å². The number of nitrogens with zero attached hydrogens (tertiary/aromatic N) is 4. The maximum absolute atomic E-state index is 5.99. The highest BCUT2D eigenvalue weighted by Gasteiger charge is 2.09. The second-order valence-electron chi connectivity index (χ2n) is 5.46. The summed E-state index contributed by atoms with van der Waals surface area (Å²) < 4.78 is 5.24. The highest BCUT2D eigenvalue weighted by Crippen LogP contribution is 2.13. The molecular weight excluding hydrogens is 479 g/mol. The van der Waals surface area contributed by atoms with Crippen molar-refractivity contribution in [2.24, 2.45) is 4.99 Å². The summed E-state index contributed by atoms with van der Waals surface area (Å²) in [6, 6.07) is 13.2. The quantitative estimate of drug-likeness (QED) is 0.308. The molecule has 27 heavy (non-hydrogen) atoms. The fourth-order valence-electron chi connectivity index (χ4n) is 2.29. The van der Waals surface area contributed by atoms with Gasteiger partial charge in [0.2, 0.25) is 0 Å². The molecule has 2 aromatic heterocycles. The molecule has 9 heteroatoms. The van der Waals surface area contributed by atoms with E-state index in [1.807, 2.05) is 42.5 Å². The van der Waals surface area contributed by atoms with E-state index in [1.165, 1.54) is 0 Å². The monoisotopic (exact) mass is 498 g/mol. The summed E-state index contributed by atoms with van der Waals surface area (Å²) in [6.45, 7) is 1.25. The van der Waals surface area contributed by atoms with E-state index < -0.39 is 0 Å². The van der Waals surface area contributed by atoms with Crippen molar-refractivity contribution in [1.82, 2.24) is 25.8 Å². The van der Waals surface area contributed by atoms with Crippen molar-refractivity contribution >= 4 is 41.5 Å². The normalized spacial score (nSPS) is 11.0. The van der Waals surface area contributed by atoms with E-state index in [4.69, 9.17) is 16.1 Å². The van der Waals surface area contributed by atoms with Gasteiger partial charge in [0.1, 0.15) is 5.69 Å². The van der Waals surface area contributed by atoms with Crippen LogP contribution in [-0.2, 0) is 13.0 Å².